The molecule has 0 unspecified atom stereocenters. The molecule has 0 atom stereocenters. The Morgan fingerprint density at radius 3 is 2.83 bits per heavy atom. The quantitative estimate of drug-likeness (QED) is 0.803. The second kappa shape index (κ2) is 6.08. The summed E-state index contributed by atoms with van der Waals surface area (Å²) in [6.07, 6.45) is 0.812. The molecule has 6 heteroatoms. The Morgan fingerprint density at radius 2 is 2.09 bits per heavy atom. The van der Waals surface area contributed by atoms with E-state index in [1.165, 1.54) is 18.2 Å². The molecule has 23 heavy (non-hydrogen) atoms. The molecule has 0 saturated heterocycles. The number of nitrogens with zero attached hydrogens (tertiary/aromatic N) is 1. The van der Waals surface area contributed by atoms with Gasteiger partial charge < -0.3 is 9.73 Å². The fourth-order valence-electron chi connectivity index (χ4n) is 2.41. The lowest BCUT2D eigenvalue weighted by Gasteiger charge is -2.05. The van der Waals surface area contributed by atoms with E-state index in [9.17, 15) is 14.0 Å². The zero-order valence-corrected chi connectivity index (χ0v) is 12.5. The highest BCUT2D eigenvalue weighted by molar-refractivity contribution is 6.04. The molecule has 0 spiro atoms. The third-order valence-electron chi connectivity index (χ3n) is 3.46. The highest BCUT2D eigenvalue weighted by atomic mass is 19.1. The van der Waals surface area contributed by atoms with Gasteiger partial charge >= 0.3 is 5.76 Å². The van der Waals surface area contributed by atoms with Crippen LogP contribution in [0.3, 0.4) is 0 Å². The van der Waals surface area contributed by atoms with Crippen molar-refractivity contribution in [3.05, 3.63) is 64.4 Å². The Labute approximate surface area is 131 Å². The Morgan fingerprint density at radius 1 is 1.26 bits per heavy atom. The first-order chi connectivity index (χ1) is 11.1. The van der Waals surface area contributed by atoms with Crippen molar-refractivity contribution in [2.45, 2.75) is 19.9 Å². The monoisotopic (exact) mass is 314 g/mol. The molecule has 3 aromatic rings. The average molecular weight is 314 g/mol. The highest BCUT2D eigenvalue weighted by Crippen LogP contribution is 2.19. The van der Waals surface area contributed by atoms with E-state index in [1.54, 1.807) is 22.8 Å². The first-order valence-corrected chi connectivity index (χ1v) is 7.29. The number of aryl methyl sites for hydroxylation is 1. The van der Waals surface area contributed by atoms with Gasteiger partial charge in [-0.2, -0.15) is 0 Å². The van der Waals surface area contributed by atoms with Crippen molar-refractivity contribution in [2.24, 2.45) is 0 Å². The van der Waals surface area contributed by atoms with Gasteiger partial charge in [-0.1, -0.05) is 13.0 Å². The fourth-order valence-corrected chi connectivity index (χ4v) is 2.41. The van der Waals surface area contributed by atoms with E-state index >= 15 is 0 Å². The number of oxazole rings is 1. The van der Waals surface area contributed by atoms with Gasteiger partial charge in [-0.05, 0) is 36.8 Å². The number of benzene rings is 2. The number of rotatable bonds is 4. The van der Waals surface area contributed by atoms with Crippen molar-refractivity contribution in [3.8, 4) is 0 Å². The van der Waals surface area contributed by atoms with E-state index in [0.29, 0.717) is 23.3 Å². The van der Waals surface area contributed by atoms with Crippen LogP contribution in [0.2, 0.25) is 0 Å². The molecular weight excluding hydrogens is 299 g/mol. The number of carbonyl (C=O) groups is 1. The molecule has 1 aromatic heterocycles. The molecule has 1 N–H and O–H groups in total. The topological polar surface area (TPSA) is 64.2 Å². The Bertz CT molecular complexity index is 927. The number of carbonyl (C=O) groups excluding carboxylic acids is 1. The zero-order valence-electron chi connectivity index (χ0n) is 12.5. The second-order valence-electron chi connectivity index (χ2n) is 5.17. The van der Waals surface area contributed by atoms with Crippen molar-refractivity contribution in [2.75, 3.05) is 5.32 Å². The molecule has 118 valence electrons. The van der Waals surface area contributed by atoms with Crippen molar-refractivity contribution >= 4 is 22.7 Å². The summed E-state index contributed by atoms with van der Waals surface area (Å²) in [5.41, 5.74) is 1.78. The first-order valence-electron chi connectivity index (χ1n) is 7.29. The summed E-state index contributed by atoms with van der Waals surface area (Å²) in [7, 11) is 0. The van der Waals surface area contributed by atoms with Gasteiger partial charge in [-0.3, -0.25) is 9.36 Å². The molecule has 0 aliphatic carbocycles. The van der Waals surface area contributed by atoms with Gasteiger partial charge in [-0.25, -0.2) is 9.18 Å². The van der Waals surface area contributed by atoms with Crippen LogP contribution in [0.4, 0.5) is 10.1 Å². The smallest absolute Gasteiger partial charge is 0.408 e. The van der Waals surface area contributed by atoms with Crippen LogP contribution in [0.25, 0.3) is 11.1 Å². The van der Waals surface area contributed by atoms with Crippen LogP contribution < -0.4 is 11.1 Å². The standard InChI is InChI=1S/C17H15FN2O3/c1-2-8-20-14-7-6-13(10-15(14)23-17(20)22)19-16(21)11-4-3-5-12(18)9-11/h3-7,9-10H,2,8H2,1H3,(H,19,21). The molecule has 2 aromatic carbocycles. The summed E-state index contributed by atoms with van der Waals surface area (Å²) >= 11 is 0. The molecule has 1 amide bonds. The minimum absolute atomic E-state index is 0.218. The summed E-state index contributed by atoms with van der Waals surface area (Å²) in [5, 5.41) is 2.66. The number of anilines is 1. The average Bonchev–Trinajstić information content (AvgIpc) is 2.83. The summed E-state index contributed by atoms with van der Waals surface area (Å²) in [6.45, 7) is 2.54. The Hall–Kier alpha value is -2.89. The predicted molar refractivity (Wildman–Crippen MR) is 85.1 cm³/mol. The number of nitrogens with one attached hydrogen (secondary N) is 1. The molecule has 0 saturated carbocycles. The Kier molecular flexibility index (Phi) is 3.97. The van der Waals surface area contributed by atoms with E-state index in [2.05, 4.69) is 5.32 Å². The summed E-state index contributed by atoms with van der Waals surface area (Å²) in [6, 6.07) is 10.4. The van der Waals surface area contributed by atoms with Gasteiger partial charge in [0.1, 0.15) is 5.82 Å². The van der Waals surface area contributed by atoms with Gasteiger partial charge in [0.15, 0.2) is 5.58 Å². The molecule has 0 aliphatic rings. The number of hydrogen-bond acceptors (Lipinski definition) is 3. The molecule has 0 bridgehead atoms. The normalized spacial score (nSPS) is 10.9. The van der Waals surface area contributed by atoms with Gasteiger partial charge in [0.2, 0.25) is 0 Å². The second-order valence-corrected chi connectivity index (χ2v) is 5.17. The van der Waals surface area contributed by atoms with Gasteiger partial charge in [-0.15, -0.1) is 0 Å². The maximum Gasteiger partial charge on any atom is 0.419 e. The maximum atomic E-state index is 13.2. The van der Waals surface area contributed by atoms with Crippen molar-refractivity contribution in [1.29, 1.82) is 0 Å². The van der Waals surface area contributed by atoms with Crippen LogP contribution >= 0.6 is 0 Å². The first kappa shape index (κ1) is 15.0. The van der Waals surface area contributed by atoms with Crippen molar-refractivity contribution in [1.82, 2.24) is 4.57 Å². The van der Waals surface area contributed by atoms with Crippen LogP contribution in [0.5, 0.6) is 0 Å². The zero-order chi connectivity index (χ0) is 16.4. The molecule has 1 heterocycles. The van der Waals surface area contributed by atoms with Gasteiger partial charge in [0.25, 0.3) is 5.91 Å². The predicted octanol–water partition coefficient (Wildman–Crippen LogP) is 3.40. The van der Waals surface area contributed by atoms with Crippen LogP contribution in [-0.4, -0.2) is 10.5 Å². The lowest BCUT2D eigenvalue weighted by atomic mass is 10.2. The number of hydrogen-bond donors (Lipinski definition) is 1. The molecule has 3 rings (SSSR count). The number of amides is 1. The molecule has 5 nitrogen and oxygen atoms in total. The van der Waals surface area contributed by atoms with E-state index < -0.39 is 17.5 Å². The molecular formula is C17H15FN2O3. The van der Waals surface area contributed by atoms with E-state index in [1.807, 2.05) is 6.92 Å². The van der Waals surface area contributed by atoms with Crippen LogP contribution in [0.15, 0.2) is 51.7 Å². The molecule has 0 aliphatic heterocycles. The largest absolute Gasteiger partial charge is 0.419 e. The van der Waals surface area contributed by atoms with Crippen LogP contribution in [-0.2, 0) is 6.54 Å². The summed E-state index contributed by atoms with van der Waals surface area (Å²) in [5.74, 6) is -1.33. The number of aromatic nitrogens is 1. The van der Waals surface area contributed by atoms with Crippen LogP contribution in [0, 0.1) is 5.82 Å². The van der Waals surface area contributed by atoms with Crippen molar-refractivity contribution in [3.63, 3.8) is 0 Å². The van der Waals surface area contributed by atoms with Crippen molar-refractivity contribution < 1.29 is 13.6 Å². The minimum Gasteiger partial charge on any atom is -0.408 e. The third kappa shape index (κ3) is 3.01. The lowest BCUT2D eigenvalue weighted by molar-refractivity contribution is 0.102. The highest BCUT2D eigenvalue weighted by Gasteiger charge is 2.11. The Balaban J connectivity index is 1.89. The minimum atomic E-state index is -0.476. The summed E-state index contributed by atoms with van der Waals surface area (Å²) in [4.78, 5) is 23.9. The fraction of sp³-hybridized carbons (Fsp3) is 0.176. The number of halogens is 1. The van der Waals surface area contributed by atoms with E-state index in [0.717, 1.165) is 12.5 Å². The maximum absolute atomic E-state index is 13.2. The van der Waals surface area contributed by atoms with E-state index in [-0.39, 0.29) is 5.56 Å². The van der Waals surface area contributed by atoms with Crippen LogP contribution in [0.1, 0.15) is 23.7 Å². The third-order valence-corrected chi connectivity index (χ3v) is 3.46. The van der Waals surface area contributed by atoms with Gasteiger partial charge in [0.05, 0.1) is 5.52 Å². The van der Waals surface area contributed by atoms with Gasteiger partial charge in [0, 0.05) is 23.9 Å². The molecule has 0 radical (unpaired) electrons. The summed E-state index contributed by atoms with van der Waals surface area (Å²) < 4.78 is 19.9. The SMILES string of the molecule is CCCn1c(=O)oc2cc(NC(=O)c3cccc(F)c3)ccc21. The number of fused-ring (bicyclic) bond motifs is 1. The van der Waals surface area contributed by atoms with E-state index in [4.69, 9.17) is 4.42 Å². The molecule has 0 fully saturated rings. The lowest BCUT2D eigenvalue weighted by Crippen LogP contribution is -2.13.